The summed E-state index contributed by atoms with van der Waals surface area (Å²) >= 11 is 3.10. The van der Waals surface area contributed by atoms with Gasteiger partial charge in [-0.3, -0.25) is 9.69 Å². The minimum atomic E-state index is -0.0740. The summed E-state index contributed by atoms with van der Waals surface area (Å²) in [5, 5.41) is 2.69. The molecule has 0 aliphatic rings. The average Bonchev–Trinajstić information content (AvgIpc) is 3.50. The zero-order chi connectivity index (χ0) is 20.1. The van der Waals surface area contributed by atoms with E-state index in [1.165, 1.54) is 11.3 Å². The number of fused-ring (bicyclic) bond motifs is 1. The molecule has 0 unspecified atom stereocenters. The summed E-state index contributed by atoms with van der Waals surface area (Å²) in [4.78, 5) is 24.5. The van der Waals surface area contributed by atoms with Gasteiger partial charge in [0.2, 0.25) is 0 Å². The Hall–Kier alpha value is -2.68. The predicted octanol–water partition coefficient (Wildman–Crippen LogP) is 5.12. The van der Waals surface area contributed by atoms with E-state index in [0.29, 0.717) is 11.7 Å². The Bertz CT molecular complexity index is 1110. The fourth-order valence-electron chi connectivity index (χ4n) is 2.90. The number of aromatic nitrogens is 3. The zero-order valence-electron chi connectivity index (χ0n) is 16.3. The summed E-state index contributed by atoms with van der Waals surface area (Å²) in [5.74, 6) is 0.707. The van der Waals surface area contributed by atoms with Gasteiger partial charge in [-0.05, 0) is 42.1 Å². The van der Waals surface area contributed by atoms with Crippen LogP contribution in [-0.4, -0.2) is 34.1 Å². The molecule has 0 N–H and O–H groups in total. The van der Waals surface area contributed by atoms with Crippen molar-refractivity contribution in [1.29, 1.82) is 0 Å². The number of halogens is 1. The van der Waals surface area contributed by atoms with Crippen molar-refractivity contribution in [2.24, 2.45) is 0 Å². The van der Waals surface area contributed by atoms with Crippen LogP contribution in [0.15, 0.2) is 60.5 Å². The molecular formula is C21H21ClN4O2S2. The van der Waals surface area contributed by atoms with Crippen molar-refractivity contribution in [2.75, 3.05) is 18.6 Å². The molecule has 1 amide bonds. The first-order valence-electron chi connectivity index (χ1n) is 9.16. The lowest BCUT2D eigenvalue weighted by atomic mass is 10.3. The lowest BCUT2D eigenvalue weighted by molar-refractivity contribution is -0.114. The number of thiazole rings is 1. The number of benzene rings is 1. The van der Waals surface area contributed by atoms with Gasteiger partial charge in [0.25, 0.3) is 5.91 Å². The molecule has 3 heterocycles. The highest BCUT2D eigenvalue weighted by molar-refractivity contribution is 7.22. The van der Waals surface area contributed by atoms with Gasteiger partial charge >= 0.3 is 0 Å². The summed E-state index contributed by atoms with van der Waals surface area (Å²) in [5.41, 5.74) is 0.862. The Labute approximate surface area is 188 Å². The van der Waals surface area contributed by atoms with Crippen LogP contribution in [0.4, 0.5) is 5.13 Å². The molecule has 1 aromatic carbocycles. The van der Waals surface area contributed by atoms with Crippen LogP contribution in [0.25, 0.3) is 16.3 Å². The molecule has 156 valence electrons. The van der Waals surface area contributed by atoms with Gasteiger partial charge in [0.15, 0.2) is 5.13 Å². The smallest absolute Gasteiger partial charge is 0.252 e. The van der Waals surface area contributed by atoms with Crippen LogP contribution in [0.2, 0.25) is 0 Å². The monoisotopic (exact) mass is 460 g/mol. The fraction of sp³-hybridized carbons (Fsp3) is 0.190. The van der Waals surface area contributed by atoms with Gasteiger partial charge in [-0.2, -0.15) is 0 Å². The molecular weight excluding hydrogens is 440 g/mol. The van der Waals surface area contributed by atoms with Gasteiger partial charge in [-0.15, -0.1) is 23.7 Å². The lowest BCUT2D eigenvalue weighted by Gasteiger charge is -2.18. The number of thiophene rings is 1. The van der Waals surface area contributed by atoms with E-state index in [-0.39, 0.29) is 18.3 Å². The molecule has 0 aliphatic heterocycles. The lowest BCUT2D eigenvalue weighted by Crippen LogP contribution is -2.30. The van der Waals surface area contributed by atoms with Crippen molar-refractivity contribution in [3.63, 3.8) is 0 Å². The molecule has 9 heteroatoms. The molecule has 4 rings (SSSR count). The summed E-state index contributed by atoms with van der Waals surface area (Å²) in [7, 11) is 1.64. The number of ether oxygens (including phenoxy) is 1. The number of anilines is 1. The number of hydrogen-bond acceptors (Lipinski definition) is 6. The molecule has 0 atom stereocenters. The molecule has 3 aromatic heterocycles. The van der Waals surface area contributed by atoms with Crippen molar-refractivity contribution in [3.05, 3.63) is 65.4 Å². The molecule has 0 radical (unpaired) electrons. The number of methoxy groups -OCH3 is 1. The third kappa shape index (κ3) is 5.27. The number of nitrogens with zero attached hydrogens (tertiary/aromatic N) is 4. The summed E-state index contributed by atoms with van der Waals surface area (Å²) in [6.07, 6.45) is 9.74. The number of carbonyl (C=O) groups excluding carboxylic acids is 1. The Morgan fingerprint density at radius 3 is 2.97 bits per heavy atom. The summed E-state index contributed by atoms with van der Waals surface area (Å²) in [6, 6.07) is 9.71. The largest absolute Gasteiger partial charge is 0.497 e. The van der Waals surface area contributed by atoms with E-state index in [1.807, 2.05) is 52.6 Å². The summed E-state index contributed by atoms with van der Waals surface area (Å²) in [6.45, 7) is 1.36. The van der Waals surface area contributed by atoms with Crippen LogP contribution in [0.1, 0.15) is 11.3 Å². The molecule has 30 heavy (non-hydrogen) atoms. The third-order valence-electron chi connectivity index (χ3n) is 4.37. The molecule has 0 aliphatic carbocycles. The number of aryl methyl sites for hydroxylation is 1. The Morgan fingerprint density at radius 2 is 2.23 bits per heavy atom. The molecule has 6 nitrogen and oxygen atoms in total. The van der Waals surface area contributed by atoms with Gasteiger partial charge in [0, 0.05) is 36.4 Å². The molecule has 4 aromatic rings. The molecule has 0 saturated heterocycles. The van der Waals surface area contributed by atoms with Gasteiger partial charge in [-0.25, -0.2) is 9.97 Å². The van der Waals surface area contributed by atoms with Crippen LogP contribution in [0, 0.1) is 0 Å². The first-order valence-corrected chi connectivity index (χ1v) is 10.9. The third-order valence-corrected chi connectivity index (χ3v) is 6.25. The van der Waals surface area contributed by atoms with E-state index >= 15 is 0 Å². The second-order valence-electron chi connectivity index (χ2n) is 6.32. The molecule has 0 saturated carbocycles. The van der Waals surface area contributed by atoms with Gasteiger partial charge in [-0.1, -0.05) is 17.4 Å². The van der Waals surface area contributed by atoms with Crippen molar-refractivity contribution in [1.82, 2.24) is 14.5 Å². The number of rotatable bonds is 8. The van der Waals surface area contributed by atoms with Gasteiger partial charge < -0.3 is 9.30 Å². The molecule has 0 bridgehead atoms. The SMILES string of the molecule is COc1ccc2nc(N(CCCn3ccnc3)C(=O)/C=C/c3cccs3)sc2c1.Cl. The molecule has 0 spiro atoms. The van der Waals surface area contributed by atoms with E-state index in [0.717, 1.165) is 33.8 Å². The normalized spacial score (nSPS) is 11.0. The highest BCUT2D eigenvalue weighted by Crippen LogP contribution is 2.32. The minimum absolute atomic E-state index is 0. The van der Waals surface area contributed by atoms with Gasteiger partial charge in [0.05, 0.1) is 23.7 Å². The highest BCUT2D eigenvalue weighted by Gasteiger charge is 2.18. The van der Waals surface area contributed by atoms with Crippen molar-refractivity contribution >= 4 is 62.4 Å². The Kier molecular flexibility index (Phi) is 7.62. The number of amides is 1. The van der Waals surface area contributed by atoms with E-state index in [9.17, 15) is 4.79 Å². The van der Waals surface area contributed by atoms with Crippen LogP contribution in [0.3, 0.4) is 0 Å². The number of hydrogen-bond donors (Lipinski definition) is 0. The molecule has 0 fully saturated rings. The van der Waals surface area contributed by atoms with Crippen LogP contribution < -0.4 is 9.64 Å². The van der Waals surface area contributed by atoms with Crippen molar-refractivity contribution in [3.8, 4) is 5.75 Å². The van der Waals surface area contributed by atoms with Crippen LogP contribution in [-0.2, 0) is 11.3 Å². The highest BCUT2D eigenvalue weighted by atomic mass is 35.5. The second kappa shape index (κ2) is 10.4. The van der Waals surface area contributed by atoms with Crippen LogP contribution in [0.5, 0.6) is 5.75 Å². The second-order valence-corrected chi connectivity index (χ2v) is 8.31. The van der Waals surface area contributed by atoms with Crippen molar-refractivity contribution < 1.29 is 9.53 Å². The first-order chi connectivity index (χ1) is 14.2. The number of carbonyl (C=O) groups is 1. The zero-order valence-corrected chi connectivity index (χ0v) is 18.8. The maximum absolute atomic E-state index is 13.0. The predicted molar refractivity (Wildman–Crippen MR) is 126 cm³/mol. The first kappa shape index (κ1) is 22.0. The number of imidazole rings is 1. The van der Waals surface area contributed by atoms with E-state index in [2.05, 4.69) is 9.97 Å². The van der Waals surface area contributed by atoms with E-state index in [4.69, 9.17) is 4.74 Å². The minimum Gasteiger partial charge on any atom is -0.497 e. The van der Waals surface area contributed by atoms with Crippen LogP contribution >= 0.6 is 35.1 Å². The van der Waals surface area contributed by atoms with Crippen molar-refractivity contribution in [2.45, 2.75) is 13.0 Å². The Balaban J connectivity index is 0.00000256. The fourth-order valence-corrected chi connectivity index (χ4v) is 4.54. The maximum Gasteiger partial charge on any atom is 0.252 e. The van der Waals surface area contributed by atoms with E-state index in [1.54, 1.807) is 41.9 Å². The van der Waals surface area contributed by atoms with E-state index < -0.39 is 0 Å². The Morgan fingerprint density at radius 1 is 1.33 bits per heavy atom. The van der Waals surface area contributed by atoms with Gasteiger partial charge in [0.1, 0.15) is 5.75 Å². The quantitative estimate of drug-likeness (QED) is 0.342. The average molecular weight is 461 g/mol. The summed E-state index contributed by atoms with van der Waals surface area (Å²) < 4.78 is 8.31. The maximum atomic E-state index is 13.0. The topological polar surface area (TPSA) is 60.2 Å². The standard InChI is InChI=1S/C21H20N4O2S2.ClH/c1-27-16-5-7-18-19(14-16)29-21(23-18)25(11-3-10-24-12-9-22-15-24)20(26)8-6-17-4-2-13-28-17;/h2,4-9,12-15H,3,10-11H2,1H3;1H/b8-6+;.